The Morgan fingerprint density at radius 3 is 2.37 bits per heavy atom. The van der Waals surface area contributed by atoms with Crippen molar-refractivity contribution in [2.24, 2.45) is 0 Å². The van der Waals surface area contributed by atoms with Crippen LogP contribution in [-0.4, -0.2) is 21.4 Å². The summed E-state index contributed by atoms with van der Waals surface area (Å²) >= 11 is 0. The number of amides is 2. The normalized spacial score (nSPS) is 10.8. The molecular formula is C24H22N4O2. The van der Waals surface area contributed by atoms with Crippen LogP contribution >= 0.6 is 0 Å². The Balaban J connectivity index is 1.60. The van der Waals surface area contributed by atoms with Gasteiger partial charge in [0.25, 0.3) is 5.91 Å². The van der Waals surface area contributed by atoms with Crippen LogP contribution in [0.1, 0.15) is 28.7 Å². The van der Waals surface area contributed by atoms with Gasteiger partial charge in [-0.15, -0.1) is 0 Å². The highest BCUT2D eigenvalue weighted by Gasteiger charge is 2.13. The number of imidazole rings is 1. The van der Waals surface area contributed by atoms with Crippen LogP contribution in [-0.2, 0) is 4.79 Å². The van der Waals surface area contributed by atoms with E-state index in [9.17, 15) is 9.59 Å². The van der Waals surface area contributed by atoms with Crippen LogP contribution in [0.4, 0.5) is 11.4 Å². The lowest BCUT2D eigenvalue weighted by molar-refractivity contribution is -0.114. The molecule has 0 aliphatic carbocycles. The molecule has 4 aromatic rings. The second-order valence-electron chi connectivity index (χ2n) is 7.20. The first-order chi connectivity index (χ1) is 14.4. The van der Waals surface area contributed by atoms with Gasteiger partial charge >= 0.3 is 0 Å². The first-order valence-corrected chi connectivity index (χ1v) is 9.66. The minimum atomic E-state index is -0.213. The Hall–Kier alpha value is -3.93. The van der Waals surface area contributed by atoms with Crippen molar-refractivity contribution < 1.29 is 9.59 Å². The standard InChI is InChI=1S/C24H22N4O2/c1-15-13-19(10-11-21(15)26-17(3)29)27-24(30)18-9-12-23-22(14-18)25-16(2)28(23)20-7-5-4-6-8-20/h4-14H,1-3H3,(H,26,29)(H,27,30). The van der Waals surface area contributed by atoms with E-state index in [-0.39, 0.29) is 11.8 Å². The predicted octanol–water partition coefficient (Wildman–Crippen LogP) is 4.85. The summed E-state index contributed by atoms with van der Waals surface area (Å²) in [7, 11) is 0. The van der Waals surface area contributed by atoms with E-state index in [0.717, 1.165) is 33.8 Å². The lowest BCUT2D eigenvalue weighted by Crippen LogP contribution is -2.12. The summed E-state index contributed by atoms with van der Waals surface area (Å²) in [5.74, 6) is 0.516. The van der Waals surface area contributed by atoms with E-state index in [0.29, 0.717) is 11.3 Å². The molecule has 0 radical (unpaired) electrons. The van der Waals surface area contributed by atoms with Crippen LogP contribution in [0, 0.1) is 13.8 Å². The van der Waals surface area contributed by atoms with Crippen LogP contribution in [0.5, 0.6) is 0 Å². The van der Waals surface area contributed by atoms with E-state index in [1.165, 1.54) is 6.92 Å². The van der Waals surface area contributed by atoms with Crippen LogP contribution in [0.15, 0.2) is 66.7 Å². The quantitative estimate of drug-likeness (QED) is 0.516. The molecule has 0 unspecified atom stereocenters. The van der Waals surface area contributed by atoms with Gasteiger partial charge in [0.15, 0.2) is 0 Å². The van der Waals surface area contributed by atoms with Crippen molar-refractivity contribution >= 4 is 34.2 Å². The number of fused-ring (bicyclic) bond motifs is 1. The molecule has 0 bridgehead atoms. The molecule has 1 heterocycles. The van der Waals surface area contributed by atoms with Gasteiger partial charge in [0.1, 0.15) is 5.82 Å². The van der Waals surface area contributed by atoms with Gasteiger partial charge in [-0.2, -0.15) is 0 Å². The molecule has 0 aliphatic rings. The fourth-order valence-corrected chi connectivity index (χ4v) is 3.52. The summed E-state index contributed by atoms with van der Waals surface area (Å²) in [6.45, 7) is 5.30. The van der Waals surface area contributed by atoms with Crippen molar-refractivity contribution in [3.8, 4) is 5.69 Å². The van der Waals surface area contributed by atoms with Crippen LogP contribution in [0.3, 0.4) is 0 Å². The van der Waals surface area contributed by atoms with Gasteiger partial charge in [0, 0.05) is 29.5 Å². The fourth-order valence-electron chi connectivity index (χ4n) is 3.52. The number of nitrogens with one attached hydrogen (secondary N) is 2. The number of benzene rings is 3. The van der Waals surface area contributed by atoms with Crippen molar-refractivity contribution in [3.05, 3.63) is 83.7 Å². The number of carbonyl (C=O) groups is 2. The minimum Gasteiger partial charge on any atom is -0.326 e. The molecule has 6 heteroatoms. The third-order valence-electron chi connectivity index (χ3n) is 4.89. The summed E-state index contributed by atoms with van der Waals surface area (Å²) in [4.78, 5) is 28.7. The molecule has 0 fully saturated rings. The molecule has 0 saturated heterocycles. The monoisotopic (exact) mass is 398 g/mol. The van der Waals surface area contributed by atoms with E-state index in [2.05, 4.69) is 20.2 Å². The largest absolute Gasteiger partial charge is 0.326 e. The van der Waals surface area contributed by atoms with E-state index < -0.39 is 0 Å². The smallest absolute Gasteiger partial charge is 0.255 e. The number of hydrogen-bond acceptors (Lipinski definition) is 3. The molecule has 0 aliphatic heterocycles. The number of rotatable bonds is 4. The van der Waals surface area contributed by atoms with E-state index in [4.69, 9.17) is 0 Å². The second kappa shape index (κ2) is 7.83. The molecule has 0 spiro atoms. The van der Waals surface area contributed by atoms with Crippen molar-refractivity contribution in [2.45, 2.75) is 20.8 Å². The lowest BCUT2D eigenvalue weighted by Gasteiger charge is -2.10. The molecule has 4 rings (SSSR count). The average molecular weight is 398 g/mol. The maximum Gasteiger partial charge on any atom is 0.255 e. The Morgan fingerprint density at radius 1 is 0.900 bits per heavy atom. The molecule has 0 saturated carbocycles. The molecule has 3 aromatic carbocycles. The Labute approximate surface area is 174 Å². The average Bonchev–Trinajstić information content (AvgIpc) is 3.05. The van der Waals surface area contributed by atoms with Crippen LogP contribution < -0.4 is 10.6 Å². The third kappa shape index (κ3) is 3.80. The van der Waals surface area contributed by atoms with Crippen LogP contribution in [0.2, 0.25) is 0 Å². The number of anilines is 2. The van der Waals surface area contributed by atoms with E-state index >= 15 is 0 Å². The number of para-hydroxylation sites is 1. The first kappa shape index (κ1) is 19.4. The Bertz CT molecular complexity index is 1260. The molecule has 1 aromatic heterocycles. The predicted molar refractivity (Wildman–Crippen MR) is 119 cm³/mol. The van der Waals surface area contributed by atoms with Crippen molar-refractivity contribution in [2.75, 3.05) is 10.6 Å². The van der Waals surface area contributed by atoms with Gasteiger partial charge in [-0.25, -0.2) is 4.98 Å². The van der Waals surface area contributed by atoms with Gasteiger partial charge in [-0.3, -0.25) is 14.2 Å². The number of carbonyl (C=O) groups excluding carboxylic acids is 2. The Kier molecular flexibility index (Phi) is 5.06. The summed E-state index contributed by atoms with van der Waals surface area (Å²) in [6.07, 6.45) is 0. The maximum atomic E-state index is 12.8. The summed E-state index contributed by atoms with van der Waals surface area (Å²) in [5.41, 5.74) is 5.54. The van der Waals surface area contributed by atoms with Gasteiger partial charge in [0.05, 0.1) is 11.0 Å². The summed E-state index contributed by atoms with van der Waals surface area (Å²) < 4.78 is 2.07. The molecule has 2 amide bonds. The minimum absolute atomic E-state index is 0.131. The summed E-state index contributed by atoms with van der Waals surface area (Å²) in [5, 5.41) is 5.68. The van der Waals surface area contributed by atoms with Gasteiger partial charge in [-0.05, 0) is 67.9 Å². The maximum absolute atomic E-state index is 12.8. The van der Waals surface area contributed by atoms with E-state index in [1.54, 1.807) is 24.3 Å². The van der Waals surface area contributed by atoms with Gasteiger partial charge in [0.2, 0.25) is 5.91 Å². The topological polar surface area (TPSA) is 76.0 Å². The Morgan fingerprint density at radius 2 is 1.67 bits per heavy atom. The number of hydrogen-bond donors (Lipinski definition) is 2. The zero-order valence-electron chi connectivity index (χ0n) is 17.1. The molecule has 0 atom stereocenters. The fraction of sp³-hybridized carbons (Fsp3) is 0.125. The van der Waals surface area contributed by atoms with Gasteiger partial charge in [-0.1, -0.05) is 18.2 Å². The highest BCUT2D eigenvalue weighted by atomic mass is 16.2. The first-order valence-electron chi connectivity index (χ1n) is 9.66. The van der Waals surface area contributed by atoms with Crippen molar-refractivity contribution in [3.63, 3.8) is 0 Å². The van der Waals surface area contributed by atoms with Gasteiger partial charge < -0.3 is 10.6 Å². The highest BCUT2D eigenvalue weighted by molar-refractivity contribution is 6.06. The molecule has 30 heavy (non-hydrogen) atoms. The van der Waals surface area contributed by atoms with Crippen LogP contribution in [0.25, 0.3) is 16.7 Å². The second-order valence-corrected chi connectivity index (χ2v) is 7.20. The molecule has 150 valence electrons. The molecular weight excluding hydrogens is 376 g/mol. The SMILES string of the molecule is CC(=O)Nc1ccc(NC(=O)c2ccc3c(c2)nc(C)n3-c2ccccc2)cc1C. The third-order valence-corrected chi connectivity index (χ3v) is 4.89. The number of aryl methyl sites for hydroxylation is 2. The van der Waals surface area contributed by atoms with Crippen molar-refractivity contribution in [1.29, 1.82) is 0 Å². The molecule has 6 nitrogen and oxygen atoms in total. The van der Waals surface area contributed by atoms with Crippen molar-refractivity contribution in [1.82, 2.24) is 9.55 Å². The summed E-state index contributed by atoms with van der Waals surface area (Å²) in [6, 6.07) is 20.9. The zero-order valence-corrected chi connectivity index (χ0v) is 17.1. The molecule has 2 N–H and O–H groups in total. The number of aromatic nitrogens is 2. The lowest BCUT2D eigenvalue weighted by atomic mass is 10.1. The van der Waals surface area contributed by atoms with E-state index in [1.807, 2.05) is 56.3 Å². The highest BCUT2D eigenvalue weighted by Crippen LogP contribution is 2.24. The zero-order chi connectivity index (χ0) is 21.3. The number of nitrogens with zero attached hydrogens (tertiary/aromatic N) is 2.